The second-order valence-electron chi connectivity index (χ2n) is 6.16. The lowest BCUT2D eigenvalue weighted by molar-refractivity contribution is 0.183. The Balaban J connectivity index is 1.79. The van der Waals surface area contributed by atoms with E-state index in [9.17, 15) is 0 Å². The van der Waals surface area contributed by atoms with E-state index in [1.807, 2.05) is 31.2 Å². The van der Waals surface area contributed by atoms with Crippen molar-refractivity contribution in [1.29, 1.82) is 0 Å². The van der Waals surface area contributed by atoms with Crippen molar-refractivity contribution in [3.05, 3.63) is 30.6 Å². The average Bonchev–Trinajstić information content (AvgIpc) is 3.26. The van der Waals surface area contributed by atoms with E-state index >= 15 is 0 Å². The first-order valence-electron chi connectivity index (χ1n) is 8.54. The van der Waals surface area contributed by atoms with Crippen LogP contribution in [0.4, 0.5) is 5.82 Å². The molecular formula is C18H21N5O2. The van der Waals surface area contributed by atoms with Crippen LogP contribution in [0.2, 0.25) is 0 Å². The Kier molecular flexibility index (Phi) is 4.23. The van der Waals surface area contributed by atoms with Gasteiger partial charge in [0.2, 0.25) is 0 Å². The van der Waals surface area contributed by atoms with Crippen molar-refractivity contribution in [2.75, 3.05) is 25.6 Å². The predicted molar refractivity (Wildman–Crippen MR) is 95.3 cm³/mol. The number of hydrogen-bond acceptors (Lipinski definition) is 6. The van der Waals surface area contributed by atoms with E-state index in [0.717, 1.165) is 49.0 Å². The second kappa shape index (κ2) is 6.68. The van der Waals surface area contributed by atoms with Crippen LogP contribution >= 0.6 is 0 Å². The predicted octanol–water partition coefficient (Wildman–Crippen LogP) is 2.51. The summed E-state index contributed by atoms with van der Waals surface area (Å²) in [6.45, 7) is 5.00. The molecule has 0 aliphatic carbocycles. The van der Waals surface area contributed by atoms with Crippen LogP contribution in [-0.4, -0.2) is 39.3 Å². The zero-order valence-electron chi connectivity index (χ0n) is 14.2. The number of ether oxygens (including phenoxy) is 2. The van der Waals surface area contributed by atoms with Crippen LogP contribution < -0.4 is 10.5 Å². The Labute approximate surface area is 145 Å². The molecule has 3 heterocycles. The molecule has 1 unspecified atom stereocenters. The number of nitrogens with two attached hydrogens (primary N) is 1. The lowest BCUT2D eigenvalue weighted by atomic mass is 10.1. The topological polar surface area (TPSA) is 88.1 Å². The Morgan fingerprint density at radius 3 is 2.84 bits per heavy atom. The van der Waals surface area contributed by atoms with Gasteiger partial charge in [0.05, 0.1) is 13.2 Å². The van der Waals surface area contributed by atoms with Crippen LogP contribution in [0.1, 0.15) is 13.3 Å². The van der Waals surface area contributed by atoms with Gasteiger partial charge in [0, 0.05) is 24.6 Å². The Morgan fingerprint density at radius 2 is 2.12 bits per heavy atom. The SMILES string of the molecule is CCOc1ccc(-c2nc3c(N)ncnc3n2CC2CCOC2)cc1. The Hall–Kier alpha value is -2.67. The van der Waals surface area contributed by atoms with Crippen LogP contribution in [0.3, 0.4) is 0 Å². The summed E-state index contributed by atoms with van der Waals surface area (Å²) in [6.07, 6.45) is 2.53. The molecule has 4 rings (SSSR count). The van der Waals surface area contributed by atoms with Crippen molar-refractivity contribution >= 4 is 17.0 Å². The van der Waals surface area contributed by atoms with Gasteiger partial charge in [0.15, 0.2) is 17.0 Å². The Morgan fingerprint density at radius 1 is 1.28 bits per heavy atom. The summed E-state index contributed by atoms with van der Waals surface area (Å²) in [5.74, 6) is 2.54. The van der Waals surface area contributed by atoms with Gasteiger partial charge in [-0.15, -0.1) is 0 Å². The van der Waals surface area contributed by atoms with Crippen molar-refractivity contribution in [3.8, 4) is 17.1 Å². The van der Waals surface area contributed by atoms with Gasteiger partial charge >= 0.3 is 0 Å². The monoisotopic (exact) mass is 339 g/mol. The van der Waals surface area contributed by atoms with Crippen LogP contribution in [0.15, 0.2) is 30.6 Å². The molecule has 1 fully saturated rings. The van der Waals surface area contributed by atoms with Crippen LogP contribution in [0.5, 0.6) is 5.75 Å². The number of hydrogen-bond donors (Lipinski definition) is 1. The van der Waals surface area contributed by atoms with Crippen molar-refractivity contribution in [2.45, 2.75) is 19.9 Å². The van der Waals surface area contributed by atoms with Crippen molar-refractivity contribution in [3.63, 3.8) is 0 Å². The molecule has 0 bridgehead atoms. The van der Waals surface area contributed by atoms with Gasteiger partial charge in [-0.25, -0.2) is 15.0 Å². The molecule has 1 atom stereocenters. The fraction of sp³-hybridized carbons (Fsp3) is 0.389. The summed E-state index contributed by atoms with van der Waals surface area (Å²) >= 11 is 0. The quantitative estimate of drug-likeness (QED) is 0.768. The Bertz CT molecular complexity index is 869. The molecule has 7 heteroatoms. The summed E-state index contributed by atoms with van der Waals surface area (Å²) in [5.41, 5.74) is 8.43. The smallest absolute Gasteiger partial charge is 0.165 e. The van der Waals surface area contributed by atoms with Gasteiger partial charge in [-0.05, 0) is 37.6 Å². The summed E-state index contributed by atoms with van der Waals surface area (Å²) in [7, 11) is 0. The minimum atomic E-state index is 0.401. The van der Waals surface area contributed by atoms with Crippen molar-refractivity contribution < 1.29 is 9.47 Å². The van der Waals surface area contributed by atoms with Gasteiger partial charge in [0.1, 0.15) is 17.9 Å². The standard InChI is InChI=1S/C18H21N5O2/c1-2-25-14-5-3-13(4-6-14)17-22-15-16(19)20-11-21-18(15)23(17)9-12-7-8-24-10-12/h3-6,11-12H,2,7-10H2,1H3,(H2,19,20,21). The highest BCUT2D eigenvalue weighted by Gasteiger charge is 2.22. The molecule has 3 aromatic rings. The lowest BCUT2D eigenvalue weighted by Gasteiger charge is -2.13. The highest BCUT2D eigenvalue weighted by molar-refractivity contribution is 5.85. The first kappa shape index (κ1) is 15.8. The molecule has 7 nitrogen and oxygen atoms in total. The van der Waals surface area contributed by atoms with Crippen molar-refractivity contribution in [2.24, 2.45) is 5.92 Å². The number of fused-ring (bicyclic) bond motifs is 1. The second-order valence-corrected chi connectivity index (χ2v) is 6.16. The van der Waals surface area contributed by atoms with E-state index in [2.05, 4.69) is 14.5 Å². The molecule has 0 amide bonds. The number of anilines is 1. The lowest BCUT2D eigenvalue weighted by Crippen LogP contribution is -2.12. The summed E-state index contributed by atoms with van der Waals surface area (Å²) in [6, 6.07) is 7.93. The minimum absolute atomic E-state index is 0.401. The third-order valence-corrected chi connectivity index (χ3v) is 4.45. The number of nitrogen functional groups attached to an aromatic ring is 1. The molecule has 2 aromatic heterocycles. The maximum atomic E-state index is 6.02. The zero-order chi connectivity index (χ0) is 17.2. The molecule has 1 saturated heterocycles. The number of aromatic nitrogens is 4. The maximum absolute atomic E-state index is 6.02. The van der Waals surface area contributed by atoms with Gasteiger partial charge in [-0.1, -0.05) is 0 Å². The van der Waals surface area contributed by atoms with Crippen LogP contribution in [-0.2, 0) is 11.3 Å². The fourth-order valence-electron chi connectivity index (χ4n) is 3.20. The molecular weight excluding hydrogens is 318 g/mol. The minimum Gasteiger partial charge on any atom is -0.494 e. The number of nitrogens with zero attached hydrogens (tertiary/aromatic N) is 4. The molecule has 1 aliphatic heterocycles. The normalized spacial score (nSPS) is 17.2. The molecule has 0 spiro atoms. The number of imidazole rings is 1. The number of benzene rings is 1. The van der Waals surface area contributed by atoms with Gasteiger partial charge in [0.25, 0.3) is 0 Å². The summed E-state index contributed by atoms with van der Waals surface area (Å²) in [5, 5.41) is 0. The number of rotatable bonds is 5. The van der Waals surface area contributed by atoms with Crippen LogP contribution in [0, 0.1) is 5.92 Å². The van der Waals surface area contributed by atoms with E-state index in [4.69, 9.17) is 20.2 Å². The van der Waals surface area contributed by atoms with Gasteiger partial charge < -0.3 is 19.8 Å². The van der Waals surface area contributed by atoms with Gasteiger partial charge in [-0.3, -0.25) is 0 Å². The average molecular weight is 339 g/mol. The van der Waals surface area contributed by atoms with Crippen LogP contribution in [0.25, 0.3) is 22.6 Å². The van der Waals surface area contributed by atoms with Crippen molar-refractivity contribution in [1.82, 2.24) is 19.5 Å². The molecule has 130 valence electrons. The molecule has 1 aliphatic rings. The molecule has 2 N–H and O–H groups in total. The van der Waals surface area contributed by atoms with Gasteiger partial charge in [-0.2, -0.15) is 0 Å². The first-order chi connectivity index (χ1) is 12.3. The van der Waals surface area contributed by atoms with E-state index in [1.54, 1.807) is 0 Å². The third kappa shape index (κ3) is 3.02. The molecule has 0 radical (unpaired) electrons. The molecule has 1 aromatic carbocycles. The fourth-order valence-corrected chi connectivity index (χ4v) is 3.20. The molecule has 0 saturated carbocycles. The third-order valence-electron chi connectivity index (χ3n) is 4.45. The highest BCUT2D eigenvalue weighted by atomic mass is 16.5. The summed E-state index contributed by atoms with van der Waals surface area (Å²) in [4.78, 5) is 13.2. The summed E-state index contributed by atoms with van der Waals surface area (Å²) < 4.78 is 13.2. The largest absolute Gasteiger partial charge is 0.494 e. The first-order valence-corrected chi connectivity index (χ1v) is 8.54. The van der Waals surface area contributed by atoms with E-state index < -0.39 is 0 Å². The van der Waals surface area contributed by atoms with E-state index in [-0.39, 0.29) is 0 Å². The zero-order valence-corrected chi connectivity index (χ0v) is 14.2. The maximum Gasteiger partial charge on any atom is 0.165 e. The van der Waals surface area contributed by atoms with E-state index in [1.165, 1.54) is 6.33 Å². The molecule has 25 heavy (non-hydrogen) atoms. The highest BCUT2D eigenvalue weighted by Crippen LogP contribution is 2.29. The van der Waals surface area contributed by atoms with E-state index in [0.29, 0.717) is 23.9 Å².